The monoisotopic (exact) mass is 267 g/mol. The SMILES string of the molecule is Cc1ccc(C2=N/C(=C\c3ccc(C)o3)C(=O)O2)cc1. The maximum absolute atomic E-state index is 11.8. The lowest BCUT2D eigenvalue weighted by Gasteiger charge is -1.99. The van der Waals surface area contributed by atoms with E-state index in [0.717, 1.165) is 16.9 Å². The molecule has 0 radical (unpaired) electrons. The van der Waals surface area contributed by atoms with Gasteiger partial charge in [-0.25, -0.2) is 9.79 Å². The zero-order valence-corrected chi connectivity index (χ0v) is 11.2. The zero-order valence-electron chi connectivity index (χ0n) is 11.2. The van der Waals surface area contributed by atoms with Crippen LogP contribution in [0, 0.1) is 13.8 Å². The number of cyclic esters (lactones) is 1. The summed E-state index contributed by atoms with van der Waals surface area (Å²) in [7, 11) is 0. The van der Waals surface area contributed by atoms with Gasteiger partial charge in [-0.2, -0.15) is 0 Å². The number of benzene rings is 1. The van der Waals surface area contributed by atoms with E-state index in [1.807, 2.05) is 44.2 Å². The normalized spacial score (nSPS) is 16.4. The van der Waals surface area contributed by atoms with Gasteiger partial charge in [0.1, 0.15) is 11.5 Å². The smallest absolute Gasteiger partial charge is 0.363 e. The number of aliphatic imine (C=N–C) groups is 1. The molecule has 100 valence electrons. The number of ether oxygens (including phenoxy) is 1. The number of hydrogen-bond acceptors (Lipinski definition) is 4. The fourth-order valence-corrected chi connectivity index (χ4v) is 1.89. The van der Waals surface area contributed by atoms with Gasteiger partial charge in [0.25, 0.3) is 0 Å². The van der Waals surface area contributed by atoms with E-state index in [1.165, 1.54) is 0 Å². The summed E-state index contributed by atoms with van der Waals surface area (Å²) in [6.07, 6.45) is 1.58. The molecule has 0 spiro atoms. The first-order valence-electron chi connectivity index (χ1n) is 6.28. The van der Waals surface area contributed by atoms with E-state index in [4.69, 9.17) is 9.15 Å². The van der Waals surface area contributed by atoms with Gasteiger partial charge in [-0.15, -0.1) is 0 Å². The maximum Gasteiger partial charge on any atom is 0.363 e. The van der Waals surface area contributed by atoms with Crippen molar-refractivity contribution >= 4 is 17.9 Å². The zero-order chi connectivity index (χ0) is 14.1. The Bertz CT molecular complexity index is 720. The Morgan fingerprint density at radius 3 is 2.45 bits per heavy atom. The molecule has 0 N–H and O–H groups in total. The number of carbonyl (C=O) groups excluding carboxylic acids is 1. The quantitative estimate of drug-likeness (QED) is 0.620. The molecule has 1 aliphatic heterocycles. The van der Waals surface area contributed by atoms with Crippen LogP contribution in [-0.4, -0.2) is 11.9 Å². The molecule has 3 rings (SSSR count). The Labute approximate surface area is 116 Å². The third kappa shape index (κ3) is 2.40. The second kappa shape index (κ2) is 4.81. The lowest BCUT2D eigenvalue weighted by molar-refractivity contribution is -0.129. The van der Waals surface area contributed by atoms with Crippen molar-refractivity contribution in [2.45, 2.75) is 13.8 Å². The van der Waals surface area contributed by atoms with E-state index in [1.54, 1.807) is 12.1 Å². The van der Waals surface area contributed by atoms with Gasteiger partial charge in [0, 0.05) is 11.6 Å². The number of aryl methyl sites for hydroxylation is 2. The Hall–Kier alpha value is -2.62. The molecule has 1 aromatic carbocycles. The highest BCUT2D eigenvalue weighted by Gasteiger charge is 2.24. The predicted octanol–water partition coefficient (Wildman–Crippen LogP) is 3.24. The molecule has 20 heavy (non-hydrogen) atoms. The van der Waals surface area contributed by atoms with Crippen molar-refractivity contribution in [3.63, 3.8) is 0 Å². The third-order valence-corrected chi connectivity index (χ3v) is 2.96. The van der Waals surface area contributed by atoms with E-state index in [-0.39, 0.29) is 5.70 Å². The molecular weight excluding hydrogens is 254 g/mol. The molecule has 0 saturated heterocycles. The van der Waals surface area contributed by atoms with Crippen LogP contribution < -0.4 is 0 Å². The van der Waals surface area contributed by atoms with Gasteiger partial charge in [0.15, 0.2) is 5.70 Å². The Morgan fingerprint density at radius 1 is 1.05 bits per heavy atom. The van der Waals surface area contributed by atoms with Crippen molar-refractivity contribution in [1.29, 1.82) is 0 Å². The molecule has 0 unspecified atom stereocenters. The number of rotatable bonds is 2. The maximum atomic E-state index is 11.8. The number of carbonyl (C=O) groups is 1. The van der Waals surface area contributed by atoms with E-state index >= 15 is 0 Å². The molecule has 1 aromatic heterocycles. The molecule has 2 aromatic rings. The third-order valence-electron chi connectivity index (χ3n) is 2.96. The van der Waals surface area contributed by atoms with Crippen LogP contribution >= 0.6 is 0 Å². The first-order valence-corrected chi connectivity index (χ1v) is 6.28. The molecule has 0 fully saturated rings. The summed E-state index contributed by atoms with van der Waals surface area (Å²) in [6, 6.07) is 11.3. The van der Waals surface area contributed by atoms with Crippen LogP contribution in [-0.2, 0) is 9.53 Å². The summed E-state index contributed by atoms with van der Waals surface area (Å²) in [4.78, 5) is 16.0. The molecule has 0 amide bonds. The number of furan rings is 1. The van der Waals surface area contributed by atoms with Crippen molar-refractivity contribution in [3.8, 4) is 0 Å². The standard InChI is InChI=1S/C16H13NO3/c1-10-3-6-12(7-4-10)15-17-14(16(18)20-15)9-13-8-5-11(2)19-13/h3-9H,1-2H3/b14-9-. The number of hydrogen-bond donors (Lipinski definition) is 0. The highest BCUT2D eigenvalue weighted by atomic mass is 16.6. The average Bonchev–Trinajstić information content (AvgIpc) is 2.98. The van der Waals surface area contributed by atoms with Gasteiger partial charge < -0.3 is 9.15 Å². The van der Waals surface area contributed by atoms with Crippen LogP contribution in [0.3, 0.4) is 0 Å². The van der Waals surface area contributed by atoms with E-state index in [9.17, 15) is 4.79 Å². The molecule has 0 atom stereocenters. The van der Waals surface area contributed by atoms with Crippen molar-refractivity contribution in [3.05, 3.63) is 64.7 Å². The largest absolute Gasteiger partial charge is 0.462 e. The average molecular weight is 267 g/mol. The molecule has 0 aliphatic carbocycles. The molecule has 1 aliphatic rings. The van der Waals surface area contributed by atoms with Crippen LogP contribution in [0.1, 0.15) is 22.6 Å². The first-order chi connectivity index (χ1) is 9.61. The summed E-state index contributed by atoms with van der Waals surface area (Å²) in [5.74, 6) is 1.23. The van der Waals surface area contributed by atoms with Gasteiger partial charge in [0.05, 0.1) is 0 Å². The van der Waals surface area contributed by atoms with Gasteiger partial charge in [-0.1, -0.05) is 17.7 Å². The fraction of sp³-hybridized carbons (Fsp3) is 0.125. The van der Waals surface area contributed by atoms with Crippen LogP contribution in [0.2, 0.25) is 0 Å². The van der Waals surface area contributed by atoms with E-state index < -0.39 is 5.97 Å². The van der Waals surface area contributed by atoms with Crippen LogP contribution in [0.4, 0.5) is 0 Å². The van der Waals surface area contributed by atoms with E-state index in [0.29, 0.717) is 11.7 Å². The minimum absolute atomic E-state index is 0.245. The summed E-state index contributed by atoms with van der Waals surface area (Å²) in [6.45, 7) is 3.84. The number of esters is 1. The van der Waals surface area contributed by atoms with Gasteiger partial charge in [-0.05, 0) is 38.1 Å². The molecule has 0 bridgehead atoms. The first kappa shape index (κ1) is 12.4. The lowest BCUT2D eigenvalue weighted by Crippen LogP contribution is -2.05. The van der Waals surface area contributed by atoms with Crippen molar-refractivity contribution in [2.24, 2.45) is 4.99 Å². The van der Waals surface area contributed by atoms with Gasteiger partial charge in [0.2, 0.25) is 5.90 Å². The molecule has 2 heterocycles. The summed E-state index contributed by atoms with van der Waals surface area (Å²) in [5.41, 5.74) is 2.17. The summed E-state index contributed by atoms with van der Waals surface area (Å²) in [5, 5.41) is 0. The number of nitrogens with zero attached hydrogens (tertiary/aromatic N) is 1. The molecule has 4 heteroatoms. The highest BCUT2D eigenvalue weighted by molar-refractivity contribution is 6.12. The van der Waals surface area contributed by atoms with Crippen LogP contribution in [0.25, 0.3) is 6.08 Å². The van der Waals surface area contributed by atoms with Crippen molar-refractivity contribution < 1.29 is 13.9 Å². The van der Waals surface area contributed by atoms with Crippen molar-refractivity contribution in [1.82, 2.24) is 0 Å². The topological polar surface area (TPSA) is 51.8 Å². The fourth-order valence-electron chi connectivity index (χ4n) is 1.89. The Morgan fingerprint density at radius 2 is 1.80 bits per heavy atom. The minimum Gasteiger partial charge on any atom is -0.462 e. The lowest BCUT2D eigenvalue weighted by atomic mass is 10.1. The highest BCUT2D eigenvalue weighted by Crippen LogP contribution is 2.20. The second-order valence-corrected chi connectivity index (χ2v) is 4.65. The summed E-state index contributed by atoms with van der Waals surface area (Å²) < 4.78 is 10.6. The summed E-state index contributed by atoms with van der Waals surface area (Å²) >= 11 is 0. The van der Waals surface area contributed by atoms with Crippen LogP contribution in [0.5, 0.6) is 0 Å². The van der Waals surface area contributed by atoms with Crippen LogP contribution in [0.15, 0.2) is 51.5 Å². The Balaban J connectivity index is 1.92. The Kier molecular flexibility index (Phi) is 2.99. The van der Waals surface area contributed by atoms with E-state index in [2.05, 4.69) is 4.99 Å². The van der Waals surface area contributed by atoms with Gasteiger partial charge in [-0.3, -0.25) is 0 Å². The predicted molar refractivity (Wildman–Crippen MR) is 75.2 cm³/mol. The minimum atomic E-state index is -0.463. The molecular formula is C16H13NO3. The van der Waals surface area contributed by atoms with Crippen molar-refractivity contribution in [2.75, 3.05) is 0 Å². The molecule has 0 saturated carbocycles. The van der Waals surface area contributed by atoms with Gasteiger partial charge >= 0.3 is 5.97 Å². The molecule has 4 nitrogen and oxygen atoms in total. The second-order valence-electron chi connectivity index (χ2n) is 4.65.